The van der Waals surface area contributed by atoms with Crippen LogP contribution in [-0.2, 0) is 0 Å². The number of rotatable bonds is 6. The first kappa shape index (κ1) is 18.0. The van der Waals surface area contributed by atoms with Crippen LogP contribution in [0, 0.1) is 0 Å². The van der Waals surface area contributed by atoms with Gasteiger partial charge in [-0.3, -0.25) is 0 Å². The van der Waals surface area contributed by atoms with Crippen molar-refractivity contribution in [1.29, 1.82) is 0 Å². The van der Waals surface area contributed by atoms with Gasteiger partial charge in [0, 0.05) is 17.4 Å². The fourth-order valence-corrected chi connectivity index (χ4v) is 4.01. The van der Waals surface area contributed by atoms with E-state index in [1.807, 2.05) is 24.3 Å². The second-order valence-corrected chi connectivity index (χ2v) is 6.69. The number of hydrogen-bond donors (Lipinski definition) is 0. The summed E-state index contributed by atoms with van der Waals surface area (Å²) in [7, 11) is 5.96. The van der Waals surface area contributed by atoms with Gasteiger partial charge >= 0.3 is 0 Å². The Kier molecular flexibility index (Phi) is 5.93. The Bertz CT molecular complexity index is 823. The third kappa shape index (κ3) is 3.89. The molecule has 3 nitrogen and oxygen atoms in total. The minimum atomic E-state index is 0.707. The van der Waals surface area contributed by atoms with E-state index >= 15 is 0 Å². The lowest BCUT2D eigenvalue weighted by atomic mass is 10.1. The second-order valence-electron chi connectivity index (χ2n) is 5.57. The van der Waals surface area contributed by atoms with Crippen LogP contribution in [0.5, 0.6) is 17.2 Å². The topological polar surface area (TPSA) is 27.7 Å². The van der Waals surface area contributed by atoms with Gasteiger partial charge in [-0.1, -0.05) is 68.9 Å². The van der Waals surface area contributed by atoms with Gasteiger partial charge in [0.2, 0.25) is 0 Å². The molecule has 4 heteroatoms. The van der Waals surface area contributed by atoms with Crippen molar-refractivity contribution in [3.8, 4) is 17.2 Å². The molecule has 3 aromatic rings. The average Bonchev–Trinajstić information content (AvgIpc) is 2.72. The van der Waals surface area contributed by atoms with Gasteiger partial charge in [-0.25, -0.2) is 0 Å². The molecule has 0 atom stereocenters. The third-order valence-electron chi connectivity index (χ3n) is 4.01. The van der Waals surface area contributed by atoms with Gasteiger partial charge in [-0.2, -0.15) is 0 Å². The maximum Gasteiger partial charge on any atom is 0.138 e. The number of methoxy groups -OCH3 is 3. The summed E-state index contributed by atoms with van der Waals surface area (Å²) in [6.45, 7) is 0. The largest absolute Gasteiger partial charge is 0.496 e. The lowest BCUT2D eigenvalue weighted by molar-refractivity contribution is 0.380. The monoisotopic (exact) mass is 364 g/mol. The maximum absolute atomic E-state index is 5.62. The first-order chi connectivity index (χ1) is 12.8. The van der Waals surface area contributed by atoms with Crippen LogP contribution < -0.4 is 19.5 Å². The molecular formula is C22H21O3P. The van der Waals surface area contributed by atoms with Crippen molar-refractivity contribution in [2.75, 3.05) is 21.3 Å². The lowest BCUT2D eigenvalue weighted by Crippen LogP contribution is -2.09. The van der Waals surface area contributed by atoms with Crippen LogP contribution in [0.3, 0.4) is 0 Å². The highest BCUT2D eigenvalue weighted by atomic mass is 31.1. The van der Waals surface area contributed by atoms with Gasteiger partial charge in [0.25, 0.3) is 0 Å². The minimum absolute atomic E-state index is 0.707. The summed E-state index contributed by atoms with van der Waals surface area (Å²) in [5.74, 6) is 2.19. The van der Waals surface area contributed by atoms with Gasteiger partial charge in [-0.15, -0.1) is 0 Å². The van der Waals surface area contributed by atoms with E-state index in [9.17, 15) is 0 Å². The molecule has 0 saturated heterocycles. The van der Waals surface area contributed by atoms with Crippen molar-refractivity contribution >= 4 is 18.8 Å². The Morgan fingerprint density at radius 1 is 0.654 bits per heavy atom. The molecule has 3 aromatic carbocycles. The molecule has 132 valence electrons. The molecule has 26 heavy (non-hydrogen) atoms. The zero-order chi connectivity index (χ0) is 18.4. The van der Waals surface area contributed by atoms with Crippen molar-refractivity contribution in [2.45, 2.75) is 0 Å². The van der Waals surface area contributed by atoms with E-state index in [1.165, 1.54) is 16.4 Å². The van der Waals surface area contributed by atoms with Gasteiger partial charge in [0.15, 0.2) is 0 Å². The summed E-state index contributed by atoms with van der Waals surface area (Å²) in [5, 5.41) is 2.16. The smallest absolute Gasteiger partial charge is 0.138 e. The highest BCUT2D eigenvalue weighted by Gasteiger charge is 2.15. The Morgan fingerprint density at radius 3 is 1.50 bits per heavy atom. The van der Waals surface area contributed by atoms with Gasteiger partial charge in [-0.05, 0) is 11.1 Å². The molecule has 0 radical (unpaired) electrons. The molecule has 0 heterocycles. The van der Waals surface area contributed by atoms with Crippen LogP contribution in [0.1, 0.15) is 11.1 Å². The Labute approximate surface area is 156 Å². The van der Waals surface area contributed by atoms with E-state index in [0.717, 1.165) is 25.0 Å². The molecule has 0 aliphatic carbocycles. The van der Waals surface area contributed by atoms with E-state index in [-0.39, 0.29) is 0 Å². The molecule has 0 amide bonds. The third-order valence-corrected chi connectivity index (χ3v) is 5.41. The van der Waals surface area contributed by atoms with Crippen LogP contribution in [-0.4, -0.2) is 26.6 Å². The highest BCUT2D eigenvalue weighted by Crippen LogP contribution is 2.31. The summed E-state index contributed by atoms with van der Waals surface area (Å²) >= 11 is 0. The lowest BCUT2D eigenvalue weighted by Gasteiger charge is -2.14. The minimum Gasteiger partial charge on any atom is -0.496 e. The van der Waals surface area contributed by atoms with Crippen LogP contribution >= 0.6 is 8.20 Å². The molecule has 0 aliphatic rings. The van der Waals surface area contributed by atoms with Crippen molar-refractivity contribution < 1.29 is 14.2 Å². The van der Waals surface area contributed by atoms with Crippen LogP contribution in [0.4, 0.5) is 0 Å². The van der Waals surface area contributed by atoms with Crippen LogP contribution in [0.2, 0.25) is 0 Å². The highest BCUT2D eigenvalue weighted by molar-refractivity contribution is 7.50. The summed E-state index contributed by atoms with van der Waals surface area (Å²) < 4.78 is 16.6. The fourth-order valence-electron chi connectivity index (χ4n) is 2.70. The molecule has 0 fully saturated rings. The molecule has 0 aromatic heterocycles. The van der Waals surface area contributed by atoms with E-state index in [4.69, 9.17) is 14.2 Å². The molecule has 0 spiro atoms. The second kappa shape index (κ2) is 8.55. The van der Waals surface area contributed by atoms with Crippen LogP contribution in [0.25, 0.3) is 0 Å². The zero-order valence-electron chi connectivity index (χ0n) is 15.1. The summed E-state index contributed by atoms with van der Waals surface area (Å²) in [6, 6.07) is 24.5. The van der Waals surface area contributed by atoms with E-state index in [0.29, 0.717) is 5.75 Å². The van der Waals surface area contributed by atoms with Crippen molar-refractivity contribution in [3.63, 3.8) is 0 Å². The molecule has 0 aliphatic heterocycles. The van der Waals surface area contributed by atoms with Crippen molar-refractivity contribution in [2.24, 2.45) is 0 Å². The molecule has 0 N–H and O–H groups in total. The van der Waals surface area contributed by atoms with Crippen molar-refractivity contribution in [3.05, 3.63) is 83.9 Å². The number of hydrogen-bond acceptors (Lipinski definition) is 3. The molecular weight excluding hydrogens is 343 g/mol. The van der Waals surface area contributed by atoms with Crippen molar-refractivity contribution in [1.82, 2.24) is 0 Å². The van der Waals surface area contributed by atoms with Crippen LogP contribution in [0.15, 0.2) is 72.8 Å². The van der Waals surface area contributed by atoms with E-state index in [1.54, 1.807) is 21.3 Å². The predicted molar refractivity (Wildman–Crippen MR) is 109 cm³/mol. The SMILES string of the molecule is COc1cc(OC)c(P=C(c2ccccc2)c2ccccc2)c(OC)c1. The quantitative estimate of drug-likeness (QED) is 0.601. The first-order valence-corrected chi connectivity index (χ1v) is 9.15. The van der Waals surface area contributed by atoms with Gasteiger partial charge in [0.05, 0.1) is 26.6 Å². The Hall–Kier alpha value is -2.77. The summed E-state index contributed by atoms with van der Waals surface area (Å²) in [4.78, 5) is 0. The zero-order valence-corrected chi connectivity index (χ0v) is 16.0. The van der Waals surface area contributed by atoms with Gasteiger partial charge < -0.3 is 14.2 Å². The average molecular weight is 364 g/mol. The Morgan fingerprint density at radius 2 is 1.12 bits per heavy atom. The standard InChI is InChI=1S/C22H21O3P/c1-23-18-14-19(24-2)22(20(15-18)25-3)26-21(16-10-6-4-7-11-16)17-12-8-5-9-13-17/h4-15H,1-3H3. The van der Waals surface area contributed by atoms with E-state index < -0.39 is 0 Å². The summed E-state index contributed by atoms with van der Waals surface area (Å²) in [5.41, 5.74) is 2.33. The molecule has 3 rings (SSSR count). The summed E-state index contributed by atoms with van der Waals surface area (Å²) in [6.07, 6.45) is 0. The first-order valence-electron chi connectivity index (χ1n) is 8.26. The van der Waals surface area contributed by atoms with Gasteiger partial charge in [0.1, 0.15) is 17.2 Å². The molecule has 0 saturated carbocycles. The van der Waals surface area contributed by atoms with E-state index in [2.05, 4.69) is 48.5 Å². The predicted octanol–water partition coefficient (Wildman–Crippen LogP) is 4.55. The maximum atomic E-state index is 5.62. The number of ether oxygens (including phenoxy) is 3. The molecule has 0 bridgehead atoms. The fraction of sp³-hybridized carbons (Fsp3) is 0.136. The normalized spacial score (nSPS) is 10.4. The number of benzene rings is 3. The Balaban J connectivity index is 2.24. The molecule has 0 unspecified atom stereocenters.